The number of amides is 1. The van der Waals surface area contributed by atoms with Crippen LogP contribution in [0, 0.1) is 0 Å². The first-order valence-corrected chi connectivity index (χ1v) is 10.1. The van der Waals surface area contributed by atoms with Gasteiger partial charge in [-0.3, -0.25) is 4.79 Å². The van der Waals surface area contributed by atoms with E-state index in [9.17, 15) is 4.79 Å². The first kappa shape index (κ1) is 15.9. The maximum atomic E-state index is 12.9. The summed E-state index contributed by atoms with van der Waals surface area (Å²) in [6, 6.07) is 8.78. The molecule has 2 heterocycles. The molecule has 0 bridgehead atoms. The summed E-state index contributed by atoms with van der Waals surface area (Å²) in [4.78, 5) is 14.8. The van der Waals surface area contributed by atoms with E-state index in [1.165, 1.54) is 41.5 Å². The number of thioether (sulfide) groups is 1. The Morgan fingerprint density at radius 3 is 3.04 bits per heavy atom. The molecule has 0 radical (unpaired) electrons. The first-order valence-electron chi connectivity index (χ1n) is 8.36. The predicted octanol–water partition coefficient (Wildman–Crippen LogP) is 3.57. The van der Waals surface area contributed by atoms with Crippen LogP contribution in [0.3, 0.4) is 0 Å². The van der Waals surface area contributed by atoms with Crippen LogP contribution in [-0.4, -0.2) is 33.9 Å². The average Bonchev–Trinajstić information content (AvgIpc) is 3.31. The summed E-state index contributed by atoms with van der Waals surface area (Å²) in [5.74, 6) is 0.152. The number of carbonyl (C=O) groups is 1. The zero-order valence-corrected chi connectivity index (χ0v) is 15.2. The van der Waals surface area contributed by atoms with E-state index >= 15 is 0 Å². The third-order valence-corrected chi connectivity index (χ3v) is 6.34. The van der Waals surface area contributed by atoms with Crippen LogP contribution in [-0.2, 0) is 11.2 Å². The molecule has 1 amide bonds. The predicted molar refractivity (Wildman–Crippen MR) is 99.0 cm³/mol. The summed E-state index contributed by atoms with van der Waals surface area (Å²) < 4.78 is 0.851. The molecule has 126 valence electrons. The lowest BCUT2D eigenvalue weighted by atomic mass is 10.0. The summed E-state index contributed by atoms with van der Waals surface area (Å²) in [7, 11) is 0. The molecular formula is C17H20N4OS2. The highest BCUT2D eigenvalue weighted by Gasteiger charge is 2.28. The molecule has 1 saturated carbocycles. The molecule has 24 heavy (non-hydrogen) atoms. The van der Waals surface area contributed by atoms with E-state index in [0.717, 1.165) is 34.5 Å². The molecule has 1 atom stereocenters. The summed E-state index contributed by atoms with van der Waals surface area (Å²) in [6.45, 7) is 2.75. The Hall–Kier alpha value is -1.60. The third kappa shape index (κ3) is 3.42. The van der Waals surface area contributed by atoms with Gasteiger partial charge in [0, 0.05) is 18.3 Å². The van der Waals surface area contributed by atoms with Gasteiger partial charge in [-0.2, -0.15) is 0 Å². The van der Waals surface area contributed by atoms with E-state index in [-0.39, 0.29) is 11.2 Å². The van der Waals surface area contributed by atoms with E-state index in [0.29, 0.717) is 6.04 Å². The van der Waals surface area contributed by atoms with Crippen molar-refractivity contribution in [2.24, 2.45) is 0 Å². The largest absolute Gasteiger partial charge is 0.357 e. The Morgan fingerprint density at radius 2 is 2.21 bits per heavy atom. The number of hydrogen-bond donors (Lipinski definition) is 1. The number of benzene rings is 1. The molecule has 1 aliphatic heterocycles. The Kier molecular flexibility index (Phi) is 4.45. The van der Waals surface area contributed by atoms with Gasteiger partial charge in [0.25, 0.3) is 0 Å². The number of nitrogens with one attached hydrogen (secondary N) is 1. The fraction of sp³-hybridized carbons (Fsp3) is 0.471. The smallest absolute Gasteiger partial charge is 0.240 e. The Labute approximate surface area is 149 Å². The second-order valence-electron chi connectivity index (χ2n) is 6.27. The second kappa shape index (κ2) is 6.72. The Balaban J connectivity index is 1.43. The fourth-order valence-corrected chi connectivity index (χ4v) is 4.94. The lowest BCUT2D eigenvalue weighted by molar-refractivity contribution is -0.117. The van der Waals surface area contributed by atoms with Gasteiger partial charge in [0.15, 0.2) is 4.34 Å². The van der Waals surface area contributed by atoms with Gasteiger partial charge in [0.05, 0.1) is 5.25 Å². The topological polar surface area (TPSA) is 58.1 Å². The quantitative estimate of drug-likeness (QED) is 0.826. The highest BCUT2D eigenvalue weighted by molar-refractivity contribution is 8.02. The molecule has 1 fully saturated rings. The van der Waals surface area contributed by atoms with Crippen molar-refractivity contribution >= 4 is 39.8 Å². The van der Waals surface area contributed by atoms with Gasteiger partial charge in [-0.15, -0.1) is 10.2 Å². The van der Waals surface area contributed by atoms with Crippen LogP contribution in [0.25, 0.3) is 0 Å². The van der Waals surface area contributed by atoms with Crippen LogP contribution in [0.1, 0.15) is 31.7 Å². The van der Waals surface area contributed by atoms with Crippen LogP contribution in [0.2, 0.25) is 0 Å². The maximum absolute atomic E-state index is 12.9. The number of fused-ring (bicyclic) bond motifs is 1. The van der Waals surface area contributed by atoms with E-state index in [2.05, 4.69) is 21.6 Å². The molecule has 0 saturated heterocycles. The molecule has 0 spiro atoms. The normalized spacial score (nSPS) is 18.1. The molecule has 4 rings (SSSR count). The average molecular weight is 361 g/mol. The zero-order valence-electron chi connectivity index (χ0n) is 13.6. The molecule has 2 aromatic rings. The molecular weight excluding hydrogens is 340 g/mol. The molecule has 1 aromatic carbocycles. The van der Waals surface area contributed by atoms with Crippen molar-refractivity contribution in [1.82, 2.24) is 10.2 Å². The van der Waals surface area contributed by atoms with Gasteiger partial charge in [0.1, 0.15) is 0 Å². The van der Waals surface area contributed by atoms with E-state index in [4.69, 9.17) is 0 Å². The number of carbonyl (C=O) groups excluding carboxylic acids is 1. The van der Waals surface area contributed by atoms with Gasteiger partial charge in [-0.05, 0) is 44.2 Å². The minimum absolute atomic E-state index is 0.152. The fourth-order valence-electron chi connectivity index (χ4n) is 2.90. The van der Waals surface area contributed by atoms with Crippen LogP contribution in [0.15, 0.2) is 28.6 Å². The van der Waals surface area contributed by atoms with Crippen LogP contribution >= 0.6 is 23.1 Å². The van der Waals surface area contributed by atoms with Crippen molar-refractivity contribution in [3.05, 3.63) is 29.8 Å². The number of aromatic nitrogens is 2. The standard InChI is InChI=1S/C17H20N4OS2/c1-11(23-17-20-19-16(24-17)18-13-8-9-13)15(22)21-10-4-6-12-5-2-3-7-14(12)21/h2-3,5,7,11,13H,4,6,8-10H2,1H3,(H,18,19)/t11-/m1/s1. The maximum Gasteiger partial charge on any atom is 0.240 e. The molecule has 1 N–H and O–H groups in total. The lowest BCUT2D eigenvalue weighted by Crippen LogP contribution is -2.40. The third-order valence-electron chi connectivity index (χ3n) is 4.31. The van der Waals surface area contributed by atoms with E-state index in [1.54, 1.807) is 0 Å². The van der Waals surface area contributed by atoms with Crippen LogP contribution < -0.4 is 10.2 Å². The first-order chi connectivity index (χ1) is 11.7. The second-order valence-corrected chi connectivity index (χ2v) is 8.84. The van der Waals surface area contributed by atoms with Crippen molar-refractivity contribution < 1.29 is 4.79 Å². The van der Waals surface area contributed by atoms with Crippen molar-refractivity contribution in [3.63, 3.8) is 0 Å². The lowest BCUT2D eigenvalue weighted by Gasteiger charge is -2.31. The SMILES string of the molecule is C[C@@H](Sc1nnc(NC2CC2)s1)C(=O)N1CCCc2ccccc21. The molecule has 1 aliphatic carbocycles. The van der Waals surface area contributed by atoms with Crippen molar-refractivity contribution in [2.75, 3.05) is 16.8 Å². The number of nitrogens with zero attached hydrogens (tertiary/aromatic N) is 3. The minimum Gasteiger partial charge on any atom is -0.357 e. The molecule has 7 heteroatoms. The Morgan fingerprint density at radius 1 is 1.38 bits per heavy atom. The highest BCUT2D eigenvalue weighted by Crippen LogP contribution is 2.34. The summed E-state index contributed by atoms with van der Waals surface area (Å²) in [6.07, 6.45) is 4.50. The monoisotopic (exact) mass is 360 g/mol. The zero-order chi connectivity index (χ0) is 16.5. The number of aryl methyl sites for hydroxylation is 1. The van der Waals surface area contributed by atoms with Gasteiger partial charge >= 0.3 is 0 Å². The van der Waals surface area contributed by atoms with Crippen molar-refractivity contribution in [1.29, 1.82) is 0 Å². The van der Waals surface area contributed by atoms with E-state index in [1.807, 2.05) is 30.0 Å². The van der Waals surface area contributed by atoms with Gasteiger partial charge < -0.3 is 10.2 Å². The van der Waals surface area contributed by atoms with Gasteiger partial charge in [-0.25, -0.2) is 0 Å². The molecule has 2 aliphatic rings. The van der Waals surface area contributed by atoms with Crippen LogP contribution in [0.4, 0.5) is 10.8 Å². The molecule has 5 nitrogen and oxygen atoms in total. The number of anilines is 2. The summed E-state index contributed by atoms with van der Waals surface area (Å²) >= 11 is 3.04. The van der Waals surface area contributed by atoms with E-state index < -0.39 is 0 Å². The number of hydrogen-bond acceptors (Lipinski definition) is 6. The van der Waals surface area contributed by atoms with Crippen molar-refractivity contribution in [2.45, 2.75) is 48.2 Å². The number of para-hydroxylation sites is 1. The van der Waals surface area contributed by atoms with Crippen LogP contribution in [0.5, 0.6) is 0 Å². The number of rotatable bonds is 5. The van der Waals surface area contributed by atoms with Gasteiger partial charge in [-0.1, -0.05) is 41.3 Å². The highest BCUT2D eigenvalue weighted by atomic mass is 32.2. The molecule has 0 unspecified atom stereocenters. The Bertz CT molecular complexity index is 744. The van der Waals surface area contributed by atoms with Gasteiger partial charge in [0.2, 0.25) is 11.0 Å². The molecule has 1 aromatic heterocycles. The summed E-state index contributed by atoms with van der Waals surface area (Å²) in [5.41, 5.74) is 2.33. The van der Waals surface area contributed by atoms with Crippen molar-refractivity contribution in [3.8, 4) is 0 Å². The summed E-state index contributed by atoms with van der Waals surface area (Å²) in [5, 5.41) is 12.4. The minimum atomic E-state index is -0.169.